The monoisotopic (exact) mass is 571 g/mol. The maximum absolute atomic E-state index is 12.6. The highest BCUT2D eigenvalue weighted by Crippen LogP contribution is 2.20. The summed E-state index contributed by atoms with van der Waals surface area (Å²) in [5.41, 5.74) is 4.52. The van der Waals surface area contributed by atoms with E-state index in [-0.39, 0.29) is 6.03 Å². The minimum absolute atomic E-state index is 0.136. The number of hydrogen-bond acceptors (Lipinski definition) is 6. The molecule has 3 aromatic carbocycles. The van der Waals surface area contributed by atoms with Crippen LogP contribution in [0.25, 0.3) is 0 Å². The molecular weight excluding hydrogens is 526 g/mol. The molecule has 8 nitrogen and oxygen atoms in total. The lowest BCUT2D eigenvalue weighted by Gasteiger charge is -2.26. The van der Waals surface area contributed by atoms with Crippen molar-refractivity contribution >= 4 is 11.7 Å². The van der Waals surface area contributed by atoms with Crippen molar-refractivity contribution in [3.05, 3.63) is 95.6 Å². The zero-order valence-corrected chi connectivity index (χ0v) is 24.7. The van der Waals surface area contributed by atoms with Crippen LogP contribution in [0.4, 0.5) is 10.5 Å². The molecule has 8 heteroatoms. The molecule has 2 heterocycles. The van der Waals surface area contributed by atoms with Crippen LogP contribution in [0.1, 0.15) is 29.5 Å². The second-order valence-corrected chi connectivity index (χ2v) is 11.2. The van der Waals surface area contributed by atoms with Crippen molar-refractivity contribution in [3.8, 4) is 5.75 Å². The van der Waals surface area contributed by atoms with Gasteiger partial charge in [-0.3, -0.25) is 14.7 Å². The van der Waals surface area contributed by atoms with Gasteiger partial charge in [0, 0.05) is 51.5 Å². The number of benzene rings is 3. The number of urea groups is 1. The van der Waals surface area contributed by atoms with Crippen LogP contribution in [0.3, 0.4) is 0 Å². The van der Waals surface area contributed by atoms with Crippen molar-refractivity contribution in [1.82, 2.24) is 20.0 Å². The number of nitrogens with one attached hydrogen (secondary N) is 2. The molecule has 0 atom stereocenters. The lowest BCUT2D eigenvalue weighted by molar-refractivity contribution is 0.0375. The number of ether oxygens (including phenoxy) is 2. The van der Waals surface area contributed by atoms with Crippen molar-refractivity contribution in [2.75, 3.05) is 70.9 Å². The Morgan fingerprint density at radius 2 is 1.45 bits per heavy atom. The summed E-state index contributed by atoms with van der Waals surface area (Å²) in [5.74, 6) is 0.901. The fraction of sp³-hybridized carbons (Fsp3) is 0.441. The minimum atomic E-state index is -0.136. The average Bonchev–Trinajstić information content (AvgIpc) is 3.25. The molecule has 0 aliphatic carbocycles. The molecule has 2 N–H and O–H groups in total. The highest BCUT2D eigenvalue weighted by molar-refractivity contribution is 5.90. The maximum atomic E-state index is 12.6. The summed E-state index contributed by atoms with van der Waals surface area (Å²) in [5, 5.41) is 6.11. The van der Waals surface area contributed by atoms with E-state index in [1.807, 2.05) is 30.3 Å². The van der Waals surface area contributed by atoms with Gasteiger partial charge in [0.2, 0.25) is 0 Å². The maximum Gasteiger partial charge on any atom is 0.319 e. The van der Waals surface area contributed by atoms with Crippen molar-refractivity contribution in [3.63, 3.8) is 0 Å². The molecule has 224 valence electrons. The fourth-order valence-corrected chi connectivity index (χ4v) is 5.55. The molecule has 3 aromatic rings. The van der Waals surface area contributed by atoms with Crippen molar-refractivity contribution < 1.29 is 14.3 Å². The first-order valence-corrected chi connectivity index (χ1v) is 15.3. The Hall–Kier alpha value is -3.43. The third-order valence-corrected chi connectivity index (χ3v) is 7.96. The first-order chi connectivity index (χ1) is 20.7. The van der Waals surface area contributed by atoms with Crippen LogP contribution in [-0.2, 0) is 24.4 Å². The number of carbonyl (C=O) groups excluding carboxylic acids is 1. The summed E-state index contributed by atoms with van der Waals surface area (Å²) in [6.07, 6.45) is 2.06. The molecule has 0 unspecified atom stereocenters. The Morgan fingerprint density at radius 1 is 0.738 bits per heavy atom. The van der Waals surface area contributed by atoms with Gasteiger partial charge in [-0.05, 0) is 67.4 Å². The average molecular weight is 572 g/mol. The van der Waals surface area contributed by atoms with Crippen LogP contribution >= 0.6 is 0 Å². The quantitative estimate of drug-likeness (QED) is 0.304. The van der Waals surface area contributed by atoms with E-state index in [2.05, 4.69) is 73.9 Å². The van der Waals surface area contributed by atoms with Gasteiger partial charge in [-0.25, -0.2) is 4.79 Å². The Bertz CT molecular complexity index is 1220. The summed E-state index contributed by atoms with van der Waals surface area (Å²) in [6, 6.07) is 26.8. The Kier molecular flexibility index (Phi) is 11.6. The standard InChI is InChI=1S/C34H45N5O3/c40-34(35-16-6-17-37-22-24-41-25-23-37)36-33-11-5-4-10-31(33)27-39-19-7-18-38(20-21-39)26-29-12-14-32(15-13-29)42-28-30-8-2-1-3-9-30/h1-5,8-15H,6-7,16-28H2,(H2,35,36,40). The number of hydrogen-bond donors (Lipinski definition) is 2. The molecule has 0 radical (unpaired) electrons. The molecule has 2 saturated heterocycles. The first-order valence-electron chi connectivity index (χ1n) is 15.3. The Balaban J connectivity index is 1.04. The number of amides is 2. The van der Waals surface area contributed by atoms with Crippen LogP contribution in [0, 0.1) is 0 Å². The number of anilines is 1. The SMILES string of the molecule is O=C(NCCCN1CCOCC1)Nc1ccccc1CN1CCCN(Cc2ccc(OCc3ccccc3)cc2)CC1. The summed E-state index contributed by atoms with van der Waals surface area (Å²) < 4.78 is 11.4. The summed E-state index contributed by atoms with van der Waals surface area (Å²) in [7, 11) is 0. The molecular formula is C34H45N5O3. The smallest absolute Gasteiger partial charge is 0.319 e. The number of nitrogens with zero attached hydrogens (tertiary/aromatic N) is 3. The van der Waals surface area contributed by atoms with Gasteiger partial charge in [0.05, 0.1) is 13.2 Å². The van der Waals surface area contributed by atoms with Crippen LogP contribution in [0.2, 0.25) is 0 Å². The van der Waals surface area contributed by atoms with Crippen molar-refractivity contribution in [1.29, 1.82) is 0 Å². The lowest BCUT2D eigenvalue weighted by atomic mass is 10.1. The van der Waals surface area contributed by atoms with Crippen LogP contribution in [0.5, 0.6) is 5.75 Å². The second-order valence-electron chi connectivity index (χ2n) is 11.2. The molecule has 2 amide bonds. The van der Waals surface area contributed by atoms with Gasteiger partial charge >= 0.3 is 6.03 Å². The van der Waals surface area contributed by atoms with E-state index in [0.717, 1.165) is 102 Å². The van der Waals surface area contributed by atoms with Gasteiger partial charge in [0.25, 0.3) is 0 Å². The summed E-state index contributed by atoms with van der Waals surface area (Å²) in [4.78, 5) is 20.0. The Morgan fingerprint density at radius 3 is 2.24 bits per heavy atom. The minimum Gasteiger partial charge on any atom is -0.489 e. The highest BCUT2D eigenvalue weighted by atomic mass is 16.5. The van der Waals surface area contributed by atoms with Crippen molar-refractivity contribution in [2.24, 2.45) is 0 Å². The van der Waals surface area contributed by atoms with Gasteiger partial charge < -0.3 is 20.1 Å². The zero-order chi connectivity index (χ0) is 28.8. The van der Waals surface area contributed by atoms with Gasteiger partial charge in [-0.15, -0.1) is 0 Å². The predicted molar refractivity (Wildman–Crippen MR) is 168 cm³/mol. The molecule has 0 saturated carbocycles. The van der Waals surface area contributed by atoms with E-state index in [4.69, 9.17) is 9.47 Å². The molecule has 2 aliphatic rings. The van der Waals surface area contributed by atoms with Crippen LogP contribution in [-0.4, -0.2) is 86.3 Å². The predicted octanol–water partition coefficient (Wildman–Crippen LogP) is 4.82. The molecule has 42 heavy (non-hydrogen) atoms. The molecule has 5 rings (SSSR count). The zero-order valence-electron chi connectivity index (χ0n) is 24.7. The largest absolute Gasteiger partial charge is 0.489 e. The van der Waals surface area contributed by atoms with E-state index in [1.165, 1.54) is 11.1 Å². The molecule has 0 aromatic heterocycles. The third-order valence-electron chi connectivity index (χ3n) is 7.96. The van der Waals surface area contributed by atoms with E-state index >= 15 is 0 Å². The van der Waals surface area contributed by atoms with Gasteiger partial charge in [0.15, 0.2) is 0 Å². The highest BCUT2D eigenvalue weighted by Gasteiger charge is 2.17. The summed E-state index contributed by atoms with van der Waals surface area (Å²) >= 11 is 0. The molecule has 2 aliphatic heterocycles. The molecule has 0 spiro atoms. The molecule has 2 fully saturated rings. The number of rotatable bonds is 12. The number of para-hydroxylation sites is 1. The number of morpholine rings is 1. The molecule has 0 bridgehead atoms. The van der Waals surface area contributed by atoms with Gasteiger partial charge in [-0.2, -0.15) is 0 Å². The van der Waals surface area contributed by atoms with Crippen LogP contribution < -0.4 is 15.4 Å². The third kappa shape index (κ3) is 9.84. The van der Waals surface area contributed by atoms with Crippen molar-refractivity contribution in [2.45, 2.75) is 32.5 Å². The van der Waals surface area contributed by atoms with E-state index in [1.54, 1.807) is 0 Å². The van der Waals surface area contributed by atoms with E-state index < -0.39 is 0 Å². The summed E-state index contributed by atoms with van der Waals surface area (Å²) in [6.45, 7) is 11.7. The lowest BCUT2D eigenvalue weighted by Crippen LogP contribution is -2.38. The first kappa shape index (κ1) is 30.0. The topological polar surface area (TPSA) is 69.3 Å². The van der Waals surface area contributed by atoms with E-state index in [9.17, 15) is 4.79 Å². The number of carbonyl (C=O) groups is 1. The van der Waals surface area contributed by atoms with Gasteiger partial charge in [-0.1, -0.05) is 60.7 Å². The Labute approximate surface area is 250 Å². The second kappa shape index (κ2) is 16.3. The normalized spacial score (nSPS) is 17.0. The van der Waals surface area contributed by atoms with E-state index in [0.29, 0.717) is 13.2 Å². The fourth-order valence-electron chi connectivity index (χ4n) is 5.55. The van der Waals surface area contributed by atoms with Gasteiger partial charge in [0.1, 0.15) is 12.4 Å². The van der Waals surface area contributed by atoms with Crippen LogP contribution in [0.15, 0.2) is 78.9 Å².